The third kappa shape index (κ3) is 2.21. The topological polar surface area (TPSA) is 22.4 Å². The summed E-state index contributed by atoms with van der Waals surface area (Å²) < 4.78 is 11.2. The SMILES string of the molecule is C=COc1ccc2cc(-c3ccccc3CC)oc2c1. The molecule has 0 unspecified atom stereocenters. The van der Waals surface area contributed by atoms with Crippen molar-refractivity contribution in [2.45, 2.75) is 13.3 Å². The Labute approximate surface area is 118 Å². The minimum atomic E-state index is 0.733. The summed E-state index contributed by atoms with van der Waals surface area (Å²) >= 11 is 0. The quantitative estimate of drug-likeness (QED) is 0.605. The van der Waals surface area contributed by atoms with Crippen molar-refractivity contribution in [1.29, 1.82) is 0 Å². The largest absolute Gasteiger partial charge is 0.465 e. The zero-order valence-corrected chi connectivity index (χ0v) is 11.4. The first-order valence-electron chi connectivity index (χ1n) is 6.71. The summed E-state index contributed by atoms with van der Waals surface area (Å²) in [5.74, 6) is 1.63. The van der Waals surface area contributed by atoms with E-state index in [1.54, 1.807) is 0 Å². The van der Waals surface area contributed by atoms with Crippen molar-refractivity contribution >= 4 is 11.0 Å². The van der Waals surface area contributed by atoms with Crippen LogP contribution in [0.1, 0.15) is 12.5 Å². The van der Waals surface area contributed by atoms with E-state index in [2.05, 4.69) is 37.8 Å². The average Bonchev–Trinajstić information content (AvgIpc) is 2.90. The first kappa shape index (κ1) is 12.5. The molecule has 0 radical (unpaired) electrons. The molecule has 0 aliphatic rings. The number of furan rings is 1. The number of fused-ring (bicyclic) bond motifs is 1. The van der Waals surface area contributed by atoms with Gasteiger partial charge in [0, 0.05) is 17.0 Å². The zero-order chi connectivity index (χ0) is 13.9. The highest BCUT2D eigenvalue weighted by Gasteiger charge is 2.10. The first-order valence-corrected chi connectivity index (χ1v) is 6.71. The molecule has 0 saturated heterocycles. The molecule has 3 rings (SSSR count). The van der Waals surface area contributed by atoms with Crippen LogP contribution in [-0.2, 0) is 6.42 Å². The molecule has 0 atom stereocenters. The van der Waals surface area contributed by atoms with Gasteiger partial charge in [0.15, 0.2) is 0 Å². The van der Waals surface area contributed by atoms with E-state index in [0.717, 1.165) is 34.5 Å². The maximum Gasteiger partial charge on any atom is 0.138 e. The molecule has 100 valence electrons. The summed E-state index contributed by atoms with van der Waals surface area (Å²) in [6.45, 7) is 5.71. The molecule has 0 amide bonds. The number of hydrogen-bond donors (Lipinski definition) is 0. The van der Waals surface area contributed by atoms with Crippen LogP contribution < -0.4 is 4.74 Å². The third-order valence-corrected chi connectivity index (χ3v) is 3.37. The maximum atomic E-state index is 5.97. The van der Waals surface area contributed by atoms with Crippen molar-refractivity contribution in [3.8, 4) is 17.1 Å². The highest BCUT2D eigenvalue weighted by atomic mass is 16.5. The van der Waals surface area contributed by atoms with Gasteiger partial charge in [-0.1, -0.05) is 37.8 Å². The number of ether oxygens (including phenoxy) is 1. The molecule has 0 fully saturated rings. The molecule has 3 aromatic rings. The summed E-state index contributed by atoms with van der Waals surface area (Å²) in [4.78, 5) is 0. The zero-order valence-electron chi connectivity index (χ0n) is 11.4. The van der Waals surface area contributed by atoms with Gasteiger partial charge in [-0.15, -0.1) is 0 Å². The number of benzene rings is 2. The Balaban J connectivity index is 2.10. The van der Waals surface area contributed by atoms with E-state index in [9.17, 15) is 0 Å². The summed E-state index contributed by atoms with van der Waals surface area (Å²) in [6, 6.07) is 16.2. The fourth-order valence-corrected chi connectivity index (χ4v) is 2.38. The predicted octanol–water partition coefficient (Wildman–Crippen LogP) is 5.18. The average molecular weight is 264 g/mol. The Morgan fingerprint density at radius 1 is 1.15 bits per heavy atom. The Morgan fingerprint density at radius 2 is 2.00 bits per heavy atom. The lowest BCUT2D eigenvalue weighted by molar-refractivity contribution is 0.482. The molecular formula is C18H16O2. The van der Waals surface area contributed by atoms with Crippen LogP contribution in [0, 0.1) is 0 Å². The van der Waals surface area contributed by atoms with E-state index < -0.39 is 0 Å². The van der Waals surface area contributed by atoms with Crippen molar-refractivity contribution in [2.24, 2.45) is 0 Å². The number of aryl methyl sites for hydroxylation is 1. The van der Waals surface area contributed by atoms with E-state index in [-0.39, 0.29) is 0 Å². The lowest BCUT2D eigenvalue weighted by Gasteiger charge is -2.03. The molecule has 0 N–H and O–H groups in total. The molecule has 1 aromatic heterocycles. The highest BCUT2D eigenvalue weighted by Crippen LogP contribution is 2.32. The second-order valence-corrected chi connectivity index (χ2v) is 4.61. The maximum absolute atomic E-state index is 5.97. The molecule has 20 heavy (non-hydrogen) atoms. The van der Waals surface area contributed by atoms with Gasteiger partial charge in [-0.2, -0.15) is 0 Å². The molecule has 0 aliphatic heterocycles. The molecule has 2 nitrogen and oxygen atoms in total. The van der Waals surface area contributed by atoms with E-state index in [0.29, 0.717) is 0 Å². The fraction of sp³-hybridized carbons (Fsp3) is 0.111. The molecule has 2 aromatic carbocycles. The molecule has 0 saturated carbocycles. The first-order chi connectivity index (χ1) is 9.81. The Hall–Kier alpha value is -2.48. The smallest absolute Gasteiger partial charge is 0.138 e. The van der Waals surface area contributed by atoms with Crippen LogP contribution >= 0.6 is 0 Å². The standard InChI is InChI=1S/C18H16O2/c1-3-13-7-5-6-8-16(13)18-11-14-9-10-15(19-4-2)12-17(14)20-18/h4-12H,2-3H2,1H3. The van der Waals surface area contributed by atoms with Gasteiger partial charge in [-0.3, -0.25) is 0 Å². The van der Waals surface area contributed by atoms with Crippen molar-refractivity contribution in [2.75, 3.05) is 0 Å². The van der Waals surface area contributed by atoms with Crippen LogP contribution in [-0.4, -0.2) is 0 Å². The summed E-state index contributed by atoms with van der Waals surface area (Å²) in [5, 5.41) is 1.07. The fourth-order valence-electron chi connectivity index (χ4n) is 2.38. The van der Waals surface area contributed by atoms with E-state index in [1.807, 2.05) is 24.3 Å². The Kier molecular flexibility index (Phi) is 3.30. The van der Waals surface area contributed by atoms with Gasteiger partial charge in [-0.05, 0) is 30.2 Å². The Bertz CT molecular complexity index is 753. The van der Waals surface area contributed by atoms with Crippen LogP contribution in [0.3, 0.4) is 0 Å². The second kappa shape index (κ2) is 5.25. The van der Waals surface area contributed by atoms with Gasteiger partial charge in [0.25, 0.3) is 0 Å². The van der Waals surface area contributed by atoms with Gasteiger partial charge in [0.2, 0.25) is 0 Å². The molecule has 2 heteroatoms. The van der Waals surface area contributed by atoms with Gasteiger partial charge >= 0.3 is 0 Å². The summed E-state index contributed by atoms with van der Waals surface area (Å²) in [6.07, 6.45) is 2.40. The van der Waals surface area contributed by atoms with E-state index >= 15 is 0 Å². The highest BCUT2D eigenvalue weighted by molar-refractivity contribution is 5.84. The van der Waals surface area contributed by atoms with Crippen molar-refractivity contribution in [3.05, 3.63) is 66.9 Å². The molecule has 1 heterocycles. The molecule has 0 aliphatic carbocycles. The monoisotopic (exact) mass is 264 g/mol. The van der Waals surface area contributed by atoms with Crippen molar-refractivity contribution < 1.29 is 9.15 Å². The van der Waals surface area contributed by atoms with Crippen molar-refractivity contribution in [1.82, 2.24) is 0 Å². The van der Waals surface area contributed by atoms with Crippen molar-refractivity contribution in [3.63, 3.8) is 0 Å². The van der Waals surface area contributed by atoms with Gasteiger partial charge < -0.3 is 9.15 Å². The van der Waals surface area contributed by atoms with Crippen LogP contribution in [0.5, 0.6) is 5.75 Å². The molecule has 0 spiro atoms. The molecule has 0 bridgehead atoms. The second-order valence-electron chi connectivity index (χ2n) is 4.61. The summed E-state index contributed by atoms with van der Waals surface area (Å²) in [7, 11) is 0. The minimum Gasteiger partial charge on any atom is -0.465 e. The van der Waals surface area contributed by atoms with E-state index in [1.165, 1.54) is 11.8 Å². The lowest BCUT2D eigenvalue weighted by Crippen LogP contribution is -1.84. The van der Waals surface area contributed by atoms with Gasteiger partial charge in [0.1, 0.15) is 17.1 Å². The predicted molar refractivity (Wildman–Crippen MR) is 81.9 cm³/mol. The normalized spacial score (nSPS) is 10.7. The van der Waals surface area contributed by atoms with Crippen LogP contribution in [0.4, 0.5) is 0 Å². The van der Waals surface area contributed by atoms with Gasteiger partial charge in [-0.25, -0.2) is 0 Å². The van der Waals surface area contributed by atoms with Gasteiger partial charge in [0.05, 0.1) is 6.26 Å². The van der Waals surface area contributed by atoms with Crippen LogP contribution in [0.2, 0.25) is 0 Å². The lowest BCUT2D eigenvalue weighted by atomic mass is 10.0. The minimum absolute atomic E-state index is 0.733. The Morgan fingerprint density at radius 3 is 2.80 bits per heavy atom. The summed E-state index contributed by atoms with van der Waals surface area (Å²) in [5.41, 5.74) is 3.26. The third-order valence-electron chi connectivity index (χ3n) is 3.37. The van der Waals surface area contributed by atoms with Crippen LogP contribution in [0.15, 0.2) is 65.8 Å². The molecular weight excluding hydrogens is 248 g/mol. The number of rotatable bonds is 4. The van der Waals surface area contributed by atoms with E-state index in [4.69, 9.17) is 9.15 Å². The van der Waals surface area contributed by atoms with Crippen LogP contribution in [0.25, 0.3) is 22.3 Å². The number of hydrogen-bond acceptors (Lipinski definition) is 2.